The Morgan fingerprint density at radius 3 is 2.82 bits per heavy atom. The van der Waals surface area contributed by atoms with E-state index in [4.69, 9.17) is 5.11 Å². The molecular weight excluding hydrogens is 236 g/mol. The van der Waals surface area contributed by atoms with Gasteiger partial charge in [0.25, 0.3) is 0 Å². The Labute approximate surface area is 103 Å². The summed E-state index contributed by atoms with van der Waals surface area (Å²) < 4.78 is 0. The topological polar surface area (TPSA) is 63.1 Å². The molecule has 0 radical (unpaired) electrons. The molecule has 0 unspecified atom stereocenters. The number of carboxylic acid groups (broad SMARTS) is 1. The molecule has 0 spiro atoms. The molecule has 17 heavy (non-hydrogen) atoms. The first-order valence-electron chi connectivity index (χ1n) is 4.99. The van der Waals surface area contributed by atoms with Crippen LogP contribution in [0.1, 0.15) is 16.2 Å². The molecule has 0 saturated heterocycles. The first kappa shape index (κ1) is 11.6. The van der Waals surface area contributed by atoms with E-state index < -0.39 is 5.97 Å². The Morgan fingerprint density at radius 2 is 2.12 bits per heavy atom. The second kappa shape index (κ2) is 5.45. The number of aromatic carboxylic acids is 1. The molecule has 0 aromatic carbocycles. The van der Waals surface area contributed by atoms with Gasteiger partial charge >= 0.3 is 5.97 Å². The fraction of sp³-hybridized carbons (Fsp3) is 0.0833. The van der Waals surface area contributed by atoms with Crippen molar-refractivity contribution in [1.82, 2.24) is 9.97 Å². The molecule has 2 aromatic heterocycles. The van der Waals surface area contributed by atoms with Gasteiger partial charge in [-0.05, 0) is 24.3 Å². The molecule has 0 bridgehead atoms. The highest BCUT2D eigenvalue weighted by Crippen LogP contribution is 2.19. The maximum absolute atomic E-state index is 10.7. The first-order chi connectivity index (χ1) is 8.25. The number of thioether (sulfide) groups is 1. The van der Waals surface area contributed by atoms with Crippen molar-refractivity contribution in [3.8, 4) is 0 Å². The Hall–Kier alpha value is -1.88. The molecule has 2 heterocycles. The predicted molar refractivity (Wildman–Crippen MR) is 65.0 cm³/mol. The first-order valence-corrected chi connectivity index (χ1v) is 5.97. The minimum atomic E-state index is -1.00. The maximum Gasteiger partial charge on any atom is 0.354 e. The lowest BCUT2D eigenvalue weighted by Crippen LogP contribution is -2.01. The zero-order valence-electron chi connectivity index (χ0n) is 8.91. The molecule has 2 rings (SSSR count). The lowest BCUT2D eigenvalue weighted by atomic mass is 10.3. The molecule has 0 fully saturated rings. The Bertz CT molecular complexity index is 517. The van der Waals surface area contributed by atoms with Gasteiger partial charge in [-0.1, -0.05) is 12.1 Å². The highest BCUT2D eigenvalue weighted by atomic mass is 32.2. The number of carbonyl (C=O) groups is 1. The van der Waals surface area contributed by atoms with Gasteiger partial charge < -0.3 is 5.11 Å². The minimum Gasteiger partial charge on any atom is -0.477 e. The SMILES string of the molecule is O=C(O)c1cccc(CSc2ccccn2)n1. The van der Waals surface area contributed by atoms with Crippen molar-refractivity contribution < 1.29 is 9.90 Å². The van der Waals surface area contributed by atoms with Gasteiger partial charge in [-0.2, -0.15) is 0 Å². The molecule has 2 aromatic rings. The predicted octanol–water partition coefficient (Wildman–Crippen LogP) is 2.47. The monoisotopic (exact) mass is 246 g/mol. The van der Waals surface area contributed by atoms with Crippen LogP contribution in [0, 0.1) is 0 Å². The van der Waals surface area contributed by atoms with Crippen LogP contribution in [0.25, 0.3) is 0 Å². The smallest absolute Gasteiger partial charge is 0.354 e. The van der Waals surface area contributed by atoms with Gasteiger partial charge in [0, 0.05) is 11.9 Å². The zero-order valence-corrected chi connectivity index (χ0v) is 9.72. The van der Waals surface area contributed by atoms with E-state index in [1.807, 2.05) is 24.3 Å². The number of aromatic nitrogens is 2. The Morgan fingerprint density at radius 1 is 1.24 bits per heavy atom. The Kier molecular flexibility index (Phi) is 3.72. The number of rotatable bonds is 4. The van der Waals surface area contributed by atoms with Crippen LogP contribution >= 0.6 is 11.8 Å². The quantitative estimate of drug-likeness (QED) is 0.839. The standard InChI is InChI=1S/C12H10N2O2S/c15-12(16)10-5-3-4-9(14-10)8-17-11-6-1-2-7-13-11/h1-7H,8H2,(H,15,16). The van der Waals surface area contributed by atoms with Crippen molar-refractivity contribution in [3.05, 3.63) is 54.0 Å². The third-order valence-corrected chi connectivity index (χ3v) is 3.01. The van der Waals surface area contributed by atoms with Crippen LogP contribution in [-0.2, 0) is 5.75 Å². The average Bonchev–Trinajstić information content (AvgIpc) is 2.38. The number of hydrogen-bond acceptors (Lipinski definition) is 4. The number of nitrogens with zero attached hydrogens (tertiary/aromatic N) is 2. The minimum absolute atomic E-state index is 0.0733. The van der Waals surface area contributed by atoms with Crippen molar-refractivity contribution >= 4 is 17.7 Å². The third kappa shape index (κ3) is 3.29. The van der Waals surface area contributed by atoms with E-state index in [-0.39, 0.29) is 5.69 Å². The van der Waals surface area contributed by atoms with Gasteiger partial charge in [0.1, 0.15) is 5.69 Å². The second-order valence-corrected chi connectivity index (χ2v) is 4.27. The van der Waals surface area contributed by atoms with Crippen LogP contribution in [0.4, 0.5) is 0 Å². The molecule has 0 aliphatic rings. The van der Waals surface area contributed by atoms with Gasteiger partial charge in [-0.3, -0.25) is 0 Å². The van der Waals surface area contributed by atoms with E-state index in [1.54, 1.807) is 12.3 Å². The molecule has 1 N–H and O–H groups in total. The highest BCUT2D eigenvalue weighted by molar-refractivity contribution is 7.98. The summed E-state index contributed by atoms with van der Waals surface area (Å²) in [6.07, 6.45) is 1.73. The molecule has 0 amide bonds. The summed E-state index contributed by atoms with van der Waals surface area (Å²) >= 11 is 1.53. The van der Waals surface area contributed by atoms with Crippen LogP contribution in [0.15, 0.2) is 47.6 Å². The van der Waals surface area contributed by atoms with Crippen LogP contribution in [0.5, 0.6) is 0 Å². The van der Waals surface area contributed by atoms with E-state index in [9.17, 15) is 4.79 Å². The normalized spacial score (nSPS) is 10.1. The second-order valence-electron chi connectivity index (χ2n) is 3.28. The van der Waals surface area contributed by atoms with Crippen molar-refractivity contribution in [1.29, 1.82) is 0 Å². The van der Waals surface area contributed by atoms with E-state index in [0.717, 1.165) is 10.7 Å². The van der Waals surface area contributed by atoms with Crippen molar-refractivity contribution in [3.63, 3.8) is 0 Å². The van der Waals surface area contributed by atoms with Crippen molar-refractivity contribution in [2.45, 2.75) is 10.8 Å². The highest BCUT2D eigenvalue weighted by Gasteiger charge is 2.05. The molecular formula is C12H10N2O2S. The lowest BCUT2D eigenvalue weighted by molar-refractivity contribution is 0.0690. The summed E-state index contributed by atoms with van der Waals surface area (Å²) in [4.78, 5) is 19.0. The summed E-state index contributed by atoms with van der Waals surface area (Å²) in [7, 11) is 0. The Balaban J connectivity index is 2.04. The lowest BCUT2D eigenvalue weighted by Gasteiger charge is -2.01. The largest absolute Gasteiger partial charge is 0.477 e. The van der Waals surface area contributed by atoms with Gasteiger partial charge in [-0.15, -0.1) is 11.8 Å². The van der Waals surface area contributed by atoms with E-state index in [2.05, 4.69) is 9.97 Å². The number of carboxylic acids is 1. The summed E-state index contributed by atoms with van der Waals surface area (Å²) in [5, 5.41) is 9.71. The fourth-order valence-corrected chi connectivity index (χ4v) is 2.03. The van der Waals surface area contributed by atoms with Gasteiger partial charge in [-0.25, -0.2) is 14.8 Å². The van der Waals surface area contributed by atoms with Gasteiger partial charge in [0.2, 0.25) is 0 Å². The number of hydrogen-bond donors (Lipinski definition) is 1. The van der Waals surface area contributed by atoms with E-state index in [1.165, 1.54) is 17.8 Å². The van der Waals surface area contributed by atoms with Crippen molar-refractivity contribution in [2.24, 2.45) is 0 Å². The molecule has 86 valence electrons. The molecule has 5 heteroatoms. The average molecular weight is 246 g/mol. The van der Waals surface area contributed by atoms with Crippen LogP contribution in [-0.4, -0.2) is 21.0 Å². The molecule has 0 aliphatic heterocycles. The zero-order chi connectivity index (χ0) is 12.1. The van der Waals surface area contributed by atoms with Crippen molar-refractivity contribution in [2.75, 3.05) is 0 Å². The number of pyridine rings is 2. The summed E-state index contributed by atoms with van der Waals surface area (Å²) in [5.41, 5.74) is 0.810. The molecule has 0 saturated carbocycles. The maximum atomic E-state index is 10.7. The van der Waals surface area contributed by atoms with Crippen LogP contribution < -0.4 is 0 Å². The molecule has 0 aliphatic carbocycles. The van der Waals surface area contributed by atoms with Crippen LogP contribution in [0.3, 0.4) is 0 Å². The van der Waals surface area contributed by atoms with Gasteiger partial charge in [0.15, 0.2) is 0 Å². The summed E-state index contributed by atoms with van der Waals surface area (Å²) in [5.74, 6) is -0.396. The van der Waals surface area contributed by atoms with Crippen LogP contribution in [0.2, 0.25) is 0 Å². The van der Waals surface area contributed by atoms with E-state index in [0.29, 0.717) is 5.75 Å². The molecule has 0 atom stereocenters. The fourth-order valence-electron chi connectivity index (χ4n) is 1.26. The summed E-state index contributed by atoms with van der Waals surface area (Å²) in [6.45, 7) is 0. The summed E-state index contributed by atoms with van der Waals surface area (Å²) in [6, 6.07) is 10.7. The van der Waals surface area contributed by atoms with E-state index >= 15 is 0 Å². The third-order valence-electron chi connectivity index (χ3n) is 2.03. The molecule has 4 nitrogen and oxygen atoms in total. The van der Waals surface area contributed by atoms with Gasteiger partial charge in [0.05, 0.1) is 10.7 Å².